The molecule has 0 saturated heterocycles. The number of nitrogens with zero attached hydrogens (tertiary/aromatic N) is 3. The van der Waals surface area contributed by atoms with E-state index in [1.807, 2.05) is 67.6 Å². The molecule has 0 atom stereocenters. The molecule has 0 spiro atoms. The highest BCUT2D eigenvalue weighted by molar-refractivity contribution is 6.30. The van der Waals surface area contributed by atoms with E-state index in [2.05, 4.69) is 27.2 Å². The van der Waals surface area contributed by atoms with Crippen molar-refractivity contribution in [2.75, 3.05) is 5.32 Å². The van der Waals surface area contributed by atoms with Crippen molar-refractivity contribution in [3.8, 4) is 17.5 Å². The van der Waals surface area contributed by atoms with Gasteiger partial charge in [-0.05, 0) is 60.9 Å². The zero-order chi connectivity index (χ0) is 21.6. The number of carbonyl (C=O) groups excluding carboxylic acids is 1. The van der Waals surface area contributed by atoms with Gasteiger partial charge in [0.1, 0.15) is 5.69 Å². The number of pyridine rings is 1. The first-order valence-electron chi connectivity index (χ1n) is 9.81. The van der Waals surface area contributed by atoms with Gasteiger partial charge in [-0.1, -0.05) is 42.6 Å². The molecule has 0 unspecified atom stereocenters. The standard InChI is InChI=1S/C25H19ClN4O/c1-2-24-23(17-28-30(24)22-11-6-8-19(26)16-22)25(31)29-21-10-5-7-18(15-21)12-13-20-9-3-4-14-27-20/h3-11,14-17H,2H2,1H3,(H,29,31). The van der Waals surface area contributed by atoms with Crippen LogP contribution in [-0.2, 0) is 6.42 Å². The van der Waals surface area contributed by atoms with Gasteiger partial charge in [0.15, 0.2) is 0 Å². The molecule has 0 aliphatic heterocycles. The second-order valence-electron chi connectivity index (χ2n) is 6.75. The molecule has 5 nitrogen and oxygen atoms in total. The molecule has 0 saturated carbocycles. The molecule has 0 radical (unpaired) electrons. The van der Waals surface area contributed by atoms with Crippen molar-refractivity contribution in [2.45, 2.75) is 13.3 Å². The van der Waals surface area contributed by atoms with Gasteiger partial charge < -0.3 is 5.32 Å². The lowest BCUT2D eigenvalue weighted by Crippen LogP contribution is -2.14. The third-order valence-electron chi connectivity index (χ3n) is 4.62. The highest BCUT2D eigenvalue weighted by Gasteiger charge is 2.17. The highest BCUT2D eigenvalue weighted by Crippen LogP contribution is 2.20. The Morgan fingerprint density at radius 2 is 1.94 bits per heavy atom. The molecule has 4 aromatic rings. The largest absolute Gasteiger partial charge is 0.322 e. The van der Waals surface area contributed by atoms with Gasteiger partial charge in [0.25, 0.3) is 5.91 Å². The average Bonchev–Trinajstić information content (AvgIpc) is 3.23. The predicted molar refractivity (Wildman–Crippen MR) is 123 cm³/mol. The number of amides is 1. The van der Waals surface area contributed by atoms with Gasteiger partial charge in [-0.2, -0.15) is 5.10 Å². The fraction of sp³-hybridized carbons (Fsp3) is 0.0800. The lowest BCUT2D eigenvalue weighted by molar-refractivity contribution is 0.102. The van der Waals surface area contributed by atoms with E-state index in [-0.39, 0.29) is 5.91 Å². The first kappa shape index (κ1) is 20.4. The van der Waals surface area contributed by atoms with Gasteiger partial charge in [-0.3, -0.25) is 4.79 Å². The molecule has 2 aromatic heterocycles. The first-order chi connectivity index (χ1) is 15.1. The summed E-state index contributed by atoms with van der Waals surface area (Å²) < 4.78 is 1.75. The van der Waals surface area contributed by atoms with Gasteiger partial charge in [0.05, 0.1) is 23.1 Å². The number of anilines is 1. The summed E-state index contributed by atoms with van der Waals surface area (Å²) in [5.41, 5.74) is 4.29. The maximum absolute atomic E-state index is 13.0. The third kappa shape index (κ3) is 4.82. The summed E-state index contributed by atoms with van der Waals surface area (Å²) in [5, 5.41) is 7.97. The second-order valence-corrected chi connectivity index (χ2v) is 7.19. The molecule has 2 aromatic carbocycles. The number of aromatic nitrogens is 3. The molecule has 1 amide bonds. The van der Waals surface area contributed by atoms with E-state index in [0.717, 1.165) is 16.9 Å². The highest BCUT2D eigenvalue weighted by atomic mass is 35.5. The van der Waals surface area contributed by atoms with E-state index >= 15 is 0 Å². The van der Waals surface area contributed by atoms with Crippen molar-refractivity contribution in [1.29, 1.82) is 0 Å². The molecule has 152 valence electrons. The smallest absolute Gasteiger partial charge is 0.259 e. The monoisotopic (exact) mass is 426 g/mol. The SMILES string of the molecule is CCc1c(C(=O)Nc2cccc(C#Cc3ccccn3)c2)cnn1-c1cccc(Cl)c1. The summed E-state index contributed by atoms with van der Waals surface area (Å²) in [4.78, 5) is 17.2. The molecule has 0 bridgehead atoms. The van der Waals surface area contributed by atoms with Crippen LogP contribution in [0.2, 0.25) is 5.02 Å². The third-order valence-corrected chi connectivity index (χ3v) is 4.86. The number of benzene rings is 2. The van der Waals surface area contributed by atoms with E-state index in [1.54, 1.807) is 23.1 Å². The molecule has 6 heteroatoms. The number of rotatable bonds is 4. The topological polar surface area (TPSA) is 59.8 Å². The molecule has 4 rings (SSSR count). The zero-order valence-corrected chi connectivity index (χ0v) is 17.6. The Morgan fingerprint density at radius 3 is 2.71 bits per heavy atom. The van der Waals surface area contributed by atoms with Gasteiger partial charge in [0.2, 0.25) is 0 Å². The van der Waals surface area contributed by atoms with Crippen LogP contribution in [0.25, 0.3) is 5.69 Å². The number of hydrogen-bond acceptors (Lipinski definition) is 3. The van der Waals surface area contributed by atoms with E-state index in [0.29, 0.717) is 28.4 Å². The molecule has 0 aliphatic carbocycles. The lowest BCUT2D eigenvalue weighted by Gasteiger charge is -2.09. The fourth-order valence-corrected chi connectivity index (χ4v) is 3.36. The van der Waals surface area contributed by atoms with Gasteiger partial charge >= 0.3 is 0 Å². The van der Waals surface area contributed by atoms with E-state index in [4.69, 9.17) is 11.6 Å². The summed E-state index contributed by atoms with van der Waals surface area (Å²) >= 11 is 6.11. The van der Waals surface area contributed by atoms with Crippen molar-refractivity contribution in [2.24, 2.45) is 0 Å². The van der Waals surface area contributed by atoms with Crippen LogP contribution in [0, 0.1) is 11.8 Å². The van der Waals surface area contributed by atoms with E-state index in [1.165, 1.54) is 0 Å². The van der Waals surface area contributed by atoms with Crippen LogP contribution in [0.1, 0.15) is 34.2 Å². The average molecular weight is 427 g/mol. The summed E-state index contributed by atoms with van der Waals surface area (Å²) in [6, 6.07) is 20.4. The van der Waals surface area contributed by atoms with Gasteiger partial charge in [0, 0.05) is 22.5 Å². The molecular weight excluding hydrogens is 408 g/mol. The van der Waals surface area contributed by atoms with Crippen molar-refractivity contribution >= 4 is 23.2 Å². The van der Waals surface area contributed by atoms with Crippen molar-refractivity contribution in [3.63, 3.8) is 0 Å². The van der Waals surface area contributed by atoms with Crippen molar-refractivity contribution < 1.29 is 4.79 Å². The Labute approximate surface area is 185 Å². The number of hydrogen-bond donors (Lipinski definition) is 1. The van der Waals surface area contributed by atoms with Crippen LogP contribution in [-0.4, -0.2) is 20.7 Å². The summed E-state index contributed by atoms with van der Waals surface area (Å²) in [6.45, 7) is 1.99. The Kier molecular flexibility index (Phi) is 6.11. The molecule has 2 heterocycles. The van der Waals surface area contributed by atoms with Crippen molar-refractivity contribution in [1.82, 2.24) is 14.8 Å². The maximum atomic E-state index is 13.0. The molecule has 1 N–H and O–H groups in total. The Balaban J connectivity index is 1.56. The van der Waals surface area contributed by atoms with Crippen LogP contribution in [0.5, 0.6) is 0 Å². The normalized spacial score (nSPS) is 10.3. The minimum atomic E-state index is -0.222. The van der Waals surface area contributed by atoms with Crippen LogP contribution in [0.15, 0.2) is 79.1 Å². The number of carbonyl (C=O) groups is 1. The number of halogens is 1. The molecule has 31 heavy (non-hydrogen) atoms. The summed E-state index contributed by atoms with van der Waals surface area (Å²) in [5.74, 6) is 5.87. The van der Waals surface area contributed by atoms with E-state index < -0.39 is 0 Å². The van der Waals surface area contributed by atoms with E-state index in [9.17, 15) is 4.79 Å². The maximum Gasteiger partial charge on any atom is 0.259 e. The van der Waals surface area contributed by atoms with Crippen molar-refractivity contribution in [3.05, 3.63) is 107 Å². The van der Waals surface area contributed by atoms with Crippen LogP contribution in [0.4, 0.5) is 5.69 Å². The summed E-state index contributed by atoms with van der Waals surface area (Å²) in [6.07, 6.45) is 3.93. The quantitative estimate of drug-likeness (QED) is 0.460. The van der Waals surface area contributed by atoms with Gasteiger partial charge in [-0.15, -0.1) is 0 Å². The summed E-state index contributed by atoms with van der Waals surface area (Å²) in [7, 11) is 0. The van der Waals surface area contributed by atoms with Gasteiger partial charge in [-0.25, -0.2) is 9.67 Å². The van der Waals surface area contributed by atoms with Crippen LogP contribution in [0.3, 0.4) is 0 Å². The Morgan fingerprint density at radius 1 is 1.06 bits per heavy atom. The second kappa shape index (κ2) is 9.29. The van der Waals surface area contributed by atoms with Crippen LogP contribution < -0.4 is 5.32 Å². The Bertz CT molecular complexity index is 1290. The number of nitrogens with one attached hydrogen (secondary N) is 1. The zero-order valence-electron chi connectivity index (χ0n) is 16.8. The fourth-order valence-electron chi connectivity index (χ4n) is 3.18. The minimum Gasteiger partial charge on any atom is -0.322 e. The Hall–Kier alpha value is -3.88. The minimum absolute atomic E-state index is 0.222. The predicted octanol–water partition coefficient (Wildman–Crippen LogP) is 5.14. The molecular formula is C25H19ClN4O. The first-order valence-corrected chi connectivity index (χ1v) is 10.2. The lowest BCUT2D eigenvalue weighted by atomic mass is 10.1. The molecule has 0 fully saturated rings. The molecule has 0 aliphatic rings. The van der Waals surface area contributed by atoms with Crippen LogP contribution >= 0.6 is 11.6 Å².